The van der Waals surface area contributed by atoms with Crippen LogP contribution in [0.4, 0.5) is 0 Å². The van der Waals surface area contributed by atoms with E-state index in [9.17, 15) is 0 Å². The minimum absolute atomic E-state index is 0.252. The van der Waals surface area contributed by atoms with Gasteiger partial charge in [0.1, 0.15) is 6.10 Å². The molecule has 1 aromatic heterocycles. The molecule has 10 heavy (non-hydrogen) atoms. The summed E-state index contributed by atoms with van der Waals surface area (Å²) in [5, 5.41) is 11.1. The van der Waals surface area contributed by atoms with Crippen molar-refractivity contribution in [1.82, 2.24) is 0 Å². The Balaban J connectivity index is 2.65. The van der Waals surface area contributed by atoms with Crippen LogP contribution in [0.25, 0.3) is 0 Å². The first-order chi connectivity index (χ1) is 4.70. The molecular weight excluding hydrogens is 146 g/mol. The van der Waals surface area contributed by atoms with Gasteiger partial charge in [-0.05, 0) is 6.92 Å². The lowest BCUT2D eigenvalue weighted by Gasteiger charge is -1.96. The highest BCUT2D eigenvalue weighted by molar-refractivity contribution is 7.07. The summed E-state index contributed by atoms with van der Waals surface area (Å²) >= 11 is 1.66. The van der Waals surface area contributed by atoms with Gasteiger partial charge in [0.05, 0.1) is 5.38 Å². The fourth-order valence-corrected chi connectivity index (χ4v) is 1.62. The highest BCUT2D eigenvalue weighted by Crippen LogP contribution is 1.96. The van der Waals surface area contributed by atoms with Crippen LogP contribution in [0, 0.1) is 6.92 Å². The number of hydrogen-bond donors (Lipinski definition) is 1. The first-order valence-electron chi connectivity index (χ1n) is 3.30. The zero-order valence-corrected chi connectivity index (χ0v) is 7.06. The van der Waals surface area contributed by atoms with E-state index >= 15 is 0 Å². The van der Waals surface area contributed by atoms with Crippen LogP contribution in [0.15, 0.2) is 10.9 Å². The van der Waals surface area contributed by atoms with Crippen LogP contribution in [-0.4, -0.2) is 11.2 Å². The van der Waals surface area contributed by atoms with E-state index in [-0.39, 0.29) is 6.10 Å². The van der Waals surface area contributed by atoms with Crippen LogP contribution in [0.3, 0.4) is 0 Å². The second kappa shape index (κ2) is 3.12. The predicted molar refractivity (Wildman–Crippen MR) is 40.9 cm³/mol. The lowest BCUT2D eigenvalue weighted by Crippen LogP contribution is -2.39. The first kappa shape index (κ1) is 7.69. The predicted octanol–water partition coefficient (Wildman–Crippen LogP) is 0.725. The van der Waals surface area contributed by atoms with E-state index in [1.54, 1.807) is 18.3 Å². The Labute approximate surface area is 64.8 Å². The lowest BCUT2D eigenvalue weighted by molar-refractivity contribution is -0.704. The highest BCUT2D eigenvalue weighted by Gasteiger charge is 2.08. The summed E-state index contributed by atoms with van der Waals surface area (Å²) in [6.07, 6.45) is -0.252. The molecule has 0 saturated carbocycles. The van der Waals surface area contributed by atoms with E-state index in [0.717, 1.165) is 0 Å². The normalized spacial score (nSPS) is 13.5. The van der Waals surface area contributed by atoms with Crippen molar-refractivity contribution in [2.24, 2.45) is 0 Å². The van der Waals surface area contributed by atoms with Gasteiger partial charge in [0.15, 0.2) is 12.2 Å². The Kier molecular flexibility index (Phi) is 2.40. The summed E-state index contributed by atoms with van der Waals surface area (Å²) in [7, 11) is 0. The highest BCUT2D eigenvalue weighted by atomic mass is 32.1. The van der Waals surface area contributed by atoms with Crippen molar-refractivity contribution in [3.05, 3.63) is 16.6 Å². The van der Waals surface area contributed by atoms with Crippen molar-refractivity contribution in [2.45, 2.75) is 26.5 Å². The molecule has 1 rings (SSSR count). The van der Waals surface area contributed by atoms with Gasteiger partial charge in [0.2, 0.25) is 5.51 Å². The van der Waals surface area contributed by atoms with Crippen LogP contribution >= 0.6 is 11.3 Å². The van der Waals surface area contributed by atoms with E-state index in [0.29, 0.717) is 6.54 Å². The van der Waals surface area contributed by atoms with Gasteiger partial charge in [-0.15, -0.1) is 0 Å². The van der Waals surface area contributed by atoms with Crippen LogP contribution < -0.4 is 4.57 Å². The molecule has 0 aliphatic heterocycles. The topological polar surface area (TPSA) is 24.1 Å². The lowest BCUT2D eigenvalue weighted by atomic mass is 10.4. The van der Waals surface area contributed by atoms with Crippen LogP contribution in [0.5, 0.6) is 0 Å². The average Bonchev–Trinajstić information content (AvgIpc) is 2.15. The summed E-state index contributed by atoms with van der Waals surface area (Å²) in [6, 6.07) is 0. The van der Waals surface area contributed by atoms with E-state index in [1.165, 1.54) is 5.69 Å². The number of nitrogens with zero attached hydrogens (tertiary/aromatic N) is 1. The molecule has 0 fully saturated rings. The Hall–Kier alpha value is -0.410. The molecule has 1 aromatic rings. The van der Waals surface area contributed by atoms with Crippen LogP contribution in [0.1, 0.15) is 12.6 Å². The third-order valence-corrected chi connectivity index (χ3v) is 2.19. The smallest absolute Gasteiger partial charge is 0.225 e. The first-order valence-corrected chi connectivity index (χ1v) is 4.24. The van der Waals surface area contributed by atoms with Gasteiger partial charge in [-0.25, -0.2) is 0 Å². The second-order valence-corrected chi connectivity index (χ2v) is 3.22. The van der Waals surface area contributed by atoms with E-state index < -0.39 is 0 Å². The van der Waals surface area contributed by atoms with Crippen molar-refractivity contribution in [3.63, 3.8) is 0 Å². The number of rotatable bonds is 2. The second-order valence-electron chi connectivity index (χ2n) is 2.50. The molecule has 0 aliphatic rings. The average molecular weight is 158 g/mol. The zero-order valence-electron chi connectivity index (χ0n) is 6.24. The third kappa shape index (κ3) is 1.78. The minimum Gasteiger partial charge on any atom is -0.387 e. The number of aromatic nitrogens is 1. The molecule has 2 nitrogen and oxygen atoms in total. The van der Waals surface area contributed by atoms with Crippen LogP contribution in [-0.2, 0) is 6.54 Å². The molecule has 3 heteroatoms. The molecule has 0 spiro atoms. The third-order valence-electron chi connectivity index (χ3n) is 1.34. The maximum Gasteiger partial charge on any atom is 0.225 e. The molecule has 0 aliphatic carbocycles. The number of hydrogen-bond acceptors (Lipinski definition) is 2. The van der Waals surface area contributed by atoms with Gasteiger partial charge in [-0.1, -0.05) is 11.3 Å². The Bertz CT molecular complexity index is 207. The summed E-state index contributed by atoms with van der Waals surface area (Å²) in [5.74, 6) is 0. The summed E-state index contributed by atoms with van der Waals surface area (Å²) in [6.45, 7) is 4.54. The fraction of sp³-hybridized carbons (Fsp3) is 0.571. The molecule has 1 atom stereocenters. The maximum atomic E-state index is 9.03. The van der Waals surface area contributed by atoms with Gasteiger partial charge in [0.25, 0.3) is 0 Å². The molecule has 0 bridgehead atoms. The number of aliphatic hydroxyl groups is 1. The Morgan fingerprint density at radius 1 is 1.80 bits per heavy atom. The van der Waals surface area contributed by atoms with Crippen molar-refractivity contribution in [2.75, 3.05) is 0 Å². The van der Waals surface area contributed by atoms with Gasteiger partial charge >= 0.3 is 0 Å². The molecule has 1 N–H and O–H groups in total. The molecule has 0 radical (unpaired) electrons. The summed E-state index contributed by atoms with van der Waals surface area (Å²) in [5.41, 5.74) is 3.23. The Morgan fingerprint density at radius 2 is 2.50 bits per heavy atom. The minimum atomic E-state index is -0.252. The molecular formula is C7H12NOS+. The maximum absolute atomic E-state index is 9.03. The fourth-order valence-electron chi connectivity index (χ4n) is 0.825. The molecule has 1 unspecified atom stereocenters. The standard InChI is InChI=1S/C7H12NOS/c1-6-4-10-5-8(6)3-7(2)9/h4-5,7,9H,3H2,1-2H3/q+1. The molecule has 0 amide bonds. The van der Waals surface area contributed by atoms with Crippen molar-refractivity contribution in [3.8, 4) is 0 Å². The largest absolute Gasteiger partial charge is 0.387 e. The molecule has 0 saturated heterocycles. The van der Waals surface area contributed by atoms with E-state index in [4.69, 9.17) is 5.11 Å². The molecule has 1 heterocycles. The van der Waals surface area contributed by atoms with Crippen molar-refractivity contribution >= 4 is 11.3 Å². The van der Waals surface area contributed by atoms with Gasteiger partial charge < -0.3 is 5.11 Å². The number of aryl methyl sites for hydroxylation is 1. The molecule has 56 valence electrons. The van der Waals surface area contributed by atoms with E-state index in [2.05, 4.69) is 9.95 Å². The van der Waals surface area contributed by atoms with Crippen LogP contribution in [0.2, 0.25) is 0 Å². The van der Waals surface area contributed by atoms with Crippen molar-refractivity contribution < 1.29 is 9.67 Å². The van der Waals surface area contributed by atoms with E-state index in [1.807, 2.05) is 12.4 Å². The number of aliphatic hydroxyl groups excluding tert-OH is 1. The number of thiazole rings is 1. The monoisotopic (exact) mass is 158 g/mol. The zero-order chi connectivity index (χ0) is 7.56. The SMILES string of the molecule is Cc1csc[n+]1CC(C)O. The van der Waals surface area contributed by atoms with Crippen molar-refractivity contribution in [1.29, 1.82) is 0 Å². The summed E-state index contributed by atoms with van der Waals surface area (Å²) in [4.78, 5) is 0. The molecule has 0 aromatic carbocycles. The van der Waals surface area contributed by atoms with Gasteiger partial charge in [0, 0.05) is 6.92 Å². The van der Waals surface area contributed by atoms with Gasteiger partial charge in [-0.3, -0.25) is 0 Å². The Morgan fingerprint density at radius 3 is 2.90 bits per heavy atom. The van der Waals surface area contributed by atoms with Gasteiger partial charge in [-0.2, -0.15) is 4.57 Å². The summed E-state index contributed by atoms with van der Waals surface area (Å²) < 4.78 is 2.05. The quantitative estimate of drug-likeness (QED) is 0.630.